The van der Waals surface area contributed by atoms with Crippen molar-refractivity contribution in [3.05, 3.63) is 61.1 Å². The van der Waals surface area contributed by atoms with E-state index in [2.05, 4.69) is 43.8 Å². The van der Waals surface area contributed by atoms with Crippen molar-refractivity contribution in [1.82, 2.24) is 5.32 Å². The highest BCUT2D eigenvalue weighted by atomic mass is 127. The highest BCUT2D eigenvalue weighted by Gasteiger charge is 2.12. The molecule has 0 aliphatic rings. The number of benzene rings is 2. The van der Waals surface area contributed by atoms with Gasteiger partial charge in [-0.2, -0.15) is 5.26 Å². The second kappa shape index (κ2) is 10.3. The molecule has 5 nitrogen and oxygen atoms in total. The van der Waals surface area contributed by atoms with E-state index < -0.39 is 5.91 Å². The zero-order valence-electron chi connectivity index (χ0n) is 14.9. The summed E-state index contributed by atoms with van der Waals surface area (Å²) in [6.07, 6.45) is 1.56. The molecule has 0 fully saturated rings. The molecule has 27 heavy (non-hydrogen) atoms. The average Bonchev–Trinajstić information content (AvgIpc) is 2.67. The van der Waals surface area contributed by atoms with Crippen molar-refractivity contribution in [3.8, 4) is 17.6 Å². The van der Waals surface area contributed by atoms with Gasteiger partial charge in [0.1, 0.15) is 23.1 Å². The molecular formula is C20H18BrIN2O3. The van der Waals surface area contributed by atoms with Gasteiger partial charge in [-0.05, 0) is 86.9 Å². The summed E-state index contributed by atoms with van der Waals surface area (Å²) < 4.78 is 12.4. The van der Waals surface area contributed by atoms with Crippen LogP contribution in [0.4, 0.5) is 0 Å². The van der Waals surface area contributed by atoms with Crippen LogP contribution in [0.2, 0.25) is 0 Å². The first-order chi connectivity index (χ1) is 13.0. The summed E-state index contributed by atoms with van der Waals surface area (Å²) in [7, 11) is 1.60. The normalized spacial score (nSPS) is 10.9. The van der Waals surface area contributed by atoms with E-state index in [1.807, 2.05) is 49.4 Å². The number of hydrogen-bond acceptors (Lipinski definition) is 4. The maximum absolute atomic E-state index is 12.3. The van der Waals surface area contributed by atoms with Crippen LogP contribution in [-0.2, 0) is 11.3 Å². The molecule has 0 unspecified atom stereocenters. The third kappa shape index (κ3) is 5.97. The molecule has 0 radical (unpaired) electrons. The Morgan fingerprint density at radius 3 is 2.59 bits per heavy atom. The van der Waals surface area contributed by atoms with Crippen LogP contribution in [0.1, 0.15) is 18.1 Å². The molecule has 0 heterocycles. The number of nitrogens with zero attached hydrogens (tertiary/aromatic N) is 1. The second-order valence-corrected chi connectivity index (χ2v) is 7.46. The summed E-state index contributed by atoms with van der Waals surface area (Å²) in [6.45, 7) is 2.80. The van der Waals surface area contributed by atoms with Crippen LogP contribution in [0.15, 0.2) is 46.4 Å². The predicted octanol–water partition coefficient (Wildman–Crippen LogP) is 4.68. The quantitative estimate of drug-likeness (QED) is 0.314. The molecular weight excluding hydrogens is 523 g/mol. The SMILES string of the molecule is CCOc1c(Br)cc(/C=C(/C#N)C(=O)NCc2ccc(OC)cc2)cc1I. The Hall–Kier alpha value is -2.05. The zero-order valence-corrected chi connectivity index (χ0v) is 18.6. The number of carbonyl (C=O) groups excluding carboxylic acids is 1. The molecule has 0 saturated heterocycles. The van der Waals surface area contributed by atoms with Gasteiger partial charge in [-0.3, -0.25) is 4.79 Å². The third-order valence-corrected chi connectivity index (χ3v) is 4.99. The molecule has 0 bridgehead atoms. The summed E-state index contributed by atoms with van der Waals surface area (Å²) in [6, 6.07) is 13.0. The lowest BCUT2D eigenvalue weighted by Crippen LogP contribution is -2.23. The van der Waals surface area contributed by atoms with Crippen LogP contribution in [-0.4, -0.2) is 19.6 Å². The molecule has 0 spiro atoms. The van der Waals surface area contributed by atoms with Crippen molar-refractivity contribution in [2.45, 2.75) is 13.5 Å². The minimum absolute atomic E-state index is 0.0374. The first-order valence-corrected chi connectivity index (χ1v) is 10.0. The number of nitriles is 1. The van der Waals surface area contributed by atoms with E-state index in [4.69, 9.17) is 9.47 Å². The molecule has 2 aromatic carbocycles. The summed E-state index contributed by atoms with van der Waals surface area (Å²) in [4.78, 5) is 12.3. The summed E-state index contributed by atoms with van der Waals surface area (Å²) >= 11 is 5.63. The van der Waals surface area contributed by atoms with E-state index in [9.17, 15) is 10.1 Å². The van der Waals surface area contributed by atoms with E-state index in [0.29, 0.717) is 13.2 Å². The van der Waals surface area contributed by atoms with Crippen molar-refractivity contribution >= 4 is 50.5 Å². The smallest absolute Gasteiger partial charge is 0.262 e. The Labute approximate surface area is 180 Å². The number of amides is 1. The number of nitrogens with one attached hydrogen (secondary N) is 1. The molecule has 0 aliphatic heterocycles. The fraction of sp³-hybridized carbons (Fsp3) is 0.200. The van der Waals surface area contributed by atoms with Crippen LogP contribution in [0, 0.1) is 14.9 Å². The minimum atomic E-state index is -0.423. The predicted molar refractivity (Wildman–Crippen MR) is 116 cm³/mol. The fourth-order valence-electron chi connectivity index (χ4n) is 2.28. The lowest BCUT2D eigenvalue weighted by atomic mass is 10.1. The van der Waals surface area contributed by atoms with Crippen molar-refractivity contribution in [2.24, 2.45) is 0 Å². The van der Waals surface area contributed by atoms with Gasteiger partial charge in [-0.15, -0.1) is 0 Å². The van der Waals surface area contributed by atoms with Crippen molar-refractivity contribution in [1.29, 1.82) is 5.26 Å². The van der Waals surface area contributed by atoms with Crippen molar-refractivity contribution in [2.75, 3.05) is 13.7 Å². The Morgan fingerprint density at radius 2 is 2.04 bits per heavy atom. The van der Waals surface area contributed by atoms with Crippen LogP contribution < -0.4 is 14.8 Å². The van der Waals surface area contributed by atoms with Crippen molar-refractivity contribution in [3.63, 3.8) is 0 Å². The molecule has 140 valence electrons. The van der Waals surface area contributed by atoms with E-state index >= 15 is 0 Å². The maximum Gasteiger partial charge on any atom is 0.262 e. The molecule has 1 N–H and O–H groups in total. The van der Waals surface area contributed by atoms with Gasteiger partial charge < -0.3 is 14.8 Å². The Bertz CT molecular complexity index is 866. The zero-order chi connectivity index (χ0) is 19.8. The van der Waals surface area contributed by atoms with Gasteiger partial charge in [0.15, 0.2) is 0 Å². The molecule has 0 aromatic heterocycles. The standard InChI is InChI=1S/C20H18BrIN2O3/c1-3-27-19-17(21)9-14(10-18(19)22)8-15(11-23)20(25)24-12-13-4-6-16(26-2)7-5-13/h4-10H,3,12H2,1-2H3,(H,24,25)/b15-8-. The summed E-state index contributed by atoms with van der Waals surface area (Å²) in [5.41, 5.74) is 1.70. The van der Waals surface area contributed by atoms with Gasteiger partial charge in [0.05, 0.1) is 21.8 Å². The van der Waals surface area contributed by atoms with Crippen LogP contribution >= 0.6 is 38.5 Å². The third-order valence-electron chi connectivity index (χ3n) is 3.60. The Kier molecular flexibility index (Phi) is 8.13. The van der Waals surface area contributed by atoms with Gasteiger partial charge >= 0.3 is 0 Å². The topological polar surface area (TPSA) is 71.3 Å². The van der Waals surface area contributed by atoms with Crippen LogP contribution in [0.3, 0.4) is 0 Å². The molecule has 7 heteroatoms. The monoisotopic (exact) mass is 540 g/mol. The van der Waals surface area contributed by atoms with Crippen LogP contribution in [0.25, 0.3) is 6.08 Å². The molecule has 0 aliphatic carbocycles. The van der Waals surface area contributed by atoms with Gasteiger partial charge in [0, 0.05) is 6.54 Å². The van der Waals surface area contributed by atoms with Gasteiger partial charge in [-0.25, -0.2) is 0 Å². The number of hydrogen-bond donors (Lipinski definition) is 1. The highest BCUT2D eigenvalue weighted by molar-refractivity contribution is 14.1. The molecule has 1 amide bonds. The van der Waals surface area contributed by atoms with Gasteiger partial charge in [-0.1, -0.05) is 12.1 Å². The van der Waals surface area contributed by atoms with E-state index in [1.54, 1.807) is 13.2 Å². The number of carbonyl (C=O) groups is 1. The summed E-state index contributed by atoms with van der Waals surface area (Å²) in [5, 5.41) is 12.1. The number of methoxy groups -OCH3 is 1. The first kappa shape index (κ1) is 21.3. The largest absolute Gasteiger partial charge is 0.497 e. The van der Waals surface area contributed by atoms with Gasteiger partial charge in [0.2, 0.25) is 0 Å². The molecule has 2 aromatic rings. The molecule has 2 rings (SSSR count). The lowest BCUT2D eigenvalue weighted by molar-refractivity contribution is -0.117. The van der Waals surface area contributed by atoms with E-state index in [-0.39, 0.29) is 5.57 Å². The fourth-order valence-corrected chi connectivity index (χ4v) is 4.05. The van der Waals surface area contributed by atoms with Crippen molar-refractivity contribution < 1.29 is 14.3 Å². The molecule has 0 saturated carbocycles. The average molecular weight is 541 g/mol. The van der Waals surface area contributed by atoms with Gasteiger partial charge in [0.25, 0.3) is 5.91 Å². The highest BCUT2D eigenvalue weighted by Crippen LogP contribution is 2.32. The first-order valence-electron chi connectivity index (χ1n) is 8.13. The Balaban J connectivity index is 2.12. The Morgan fingerprint density at radius 1 is 1.33 bits per heavy atom. The minimum Gasteiger partial charge on any atom is -0.497 e. The number of halogens is 2. The number of rotatable bonds is 7. The van der Waals surface area contributed by atoms with E-state index in [1.165, 1.54) is 0 Å². The molecule has 0 atom stereocenters. The summed E-state index contributed by atoms with van der Waals surface area (Å²) in [5.74, 6) is 1.07. The van der Waals surface area contributed by atoms with E-state index in [0.717, 1.165) is 30.7 Å². The van der Waals surface area contributed by atoms with Crippen LogP contribution in [0.5, 0.6) is 11.5 Å². The lowest BCUT2D eigenvalue weighted by Gasteiger charge is -2.10. The number of ether oxygens (including phenoxy) is 2. The second-order valence-electron chi connectivity index (χ2n) is 5.45. The maximum atomic E-state index is 12.3.